The summed E-state index contributed by atoms with van der Waals surface area (Å²) >= 11 is 3.12. The number of ether oxygens (including phenoxy) is 1. The highest BCUT2D eigenvalue weighted by Crippen LogP contribution is 2.35. The molecule has 0 radical (unpaired) electrons. The van der Waals surface area contributed by atoms with E-state index in [1.807, 2.05) is 24.4 Å². The van der Waals surface area contributed by atoms with E-state index < -0.39 is 10.8 Å². The fourth-order valence-corrected chi connectivity index (χ4v) is 4.55. The van der Waals surface area contributed by atoms with Crippen molar-refractivity contribution in [2.75, 3.05) is 18.1 Å². The Kier molecular flexibility index (Phi) is 5.46. The van der Waals surface area contributed by atoms with Gasteiger partial charge in [-0.3, -0.25) is 24.6 Å². The fourth-order valence-electron chi connectivity index (χ4n) is 2.95. The molecule has 154 valence electrons. The molecule has 0 saturated carbocycles. The molecule has 0 bridgehead atoms. The van der Waals surface area contributed by atoms with Crippen LogP contribution in [0.3, 0.4) is 0 Å². The minimum Gasteiger partial charge on any atom is -0.482 e. The molecule has 11 heteroatoms. The van der Waals surface area contributed by atoms with Crippen molar-refractivity contribution in [1.29, 1.82) is 0 Å². The molecular weight excluding hydrogens is 428 g/mol. The fraction of sp³-hybridized carbons (Fsp3) is 0.211. The zero-order valence-corrected chi connectivity index (χ0v) is 17.4. The van der Waals surface area contributed by atoms with Gasteiger partial charge in [-0.2, -0.15) is 0 Å². The molecule has 0 spiro atoms. The van der Waals surface area contributed by atoms with E-state index in [-0.39, 0.29) is 30.4 Å². The van der Waals surface area contributed by atoms with Crippen molar-refractivity contribution in [2.24, 2.45) is 0 Å². The molecule has 0 unspecified atom stereocenters. The molecule has 0 saturated heterocycles. The summed E-state index contributed by atoms with van der Waals surface area (Å²) in [4.78, 5) is 42.8. The molecule has 1 N–H and O–H groups in total. The number of hydrogen-bond donors (Lipinski definition) is 1. The van der Waals surface area contributed by atoms with Gasteiger partial charge in [0.15, 0.2) is 6.61 Å². The summed E-state index contributed by atoms with van der Waals surface area (Å²) in [7, 11) is 0. The number of amides is 2. The first-order valence-corrected chi connectivity index (χ1v) is 10.6. The van der Waals surface area contributed by atoms with Crippen LogP contribution in [0.15, 0.2) is 35.7 Å². The number of nitrogens with one attached hydrogen (secondary N) is 1. The highest BCUT2D eigenvalue weighted by Gasteiger charge is 2.29. The van der Waals surface area contributed by atoms with E-state index in [0.29, 0.717) is 12.3 Å². The minimum atomic E-state index is -0.560. The molecule has 2 amide bonds. The normalized spacial score (nSPS) is 13.0. The average molecular weight is 444 g/mol. The molecule has 4 rings (SSSR count). The summed E-state index contributed by atoms with van der Waals surface area (Å²) in [6.07, 6.45) is 0. The summed E-state index contributed by atoms with van der Waals surface area (Å²) in [6.45, 7) is 1.79. The van der Waals surface area contributed by atoms with Crippen LogP contribution in [0.4, 0.5) is 11.4 Å². The second kappa shape index (κ2) is 8.20. The summed E-state index contributed by atoms with van der Waals surface area (Å²) in [5.74, 6) is -0.480. The number of anilines is 1. The number of aromatic nitrogens is 1. The van der Waals surface area contributed by atoms with Crippen molar-refractivity contribution >= 4 is 45.9 Å². The van der Waals surface area contributed by atoms with E-state index in [4.69, 9.17) is 4.74 Å². The SMILES string of the molecule is Cc1nc(-c2ccc(CNC(=O)CN3C(=O)COc4ccc([N+](=O)[O-])cc43)s2)cs1. The van der Waals surface area contributed by atoms with Gasteiger partial charge in [-0.05, 0) is 25.1 Å². The molecule has 2 aromatic heterocycles. The van der Waals surface area contributed by atoms with Gasteiger partial charge < -0.3 is 10.1 Å². The Labute approximate surface area is 179 Å². The van der Waals surface area contributed by atoms with Crippen LogP contribution in [0.1, 0.15) is 9.88 Å². The first kappa shape index (κ1) is 20.0. The van der Waals surface area contributed by atoms with Crippen molar-refractivity contribution in [2.45, 2.75) is 13.5 Å². The monoisotopic (exact) mass is 444 g/mol. The number of benzene rings is 1. The van der Waals surface area contributed by atoms with Crippen LogP contribution in [-0.2, 0) is 16.1 Å². The molecule has 1 aliphatic rings. The largest absolute Gasteiger partial charge is 0.482 e. The van der Waals surface area contributed by atoms with Gasteiger partial charge in [0.25, 0.3) is 11.6 Å². The van der Waals surface area contributed by atoms with E-state index >= 15 is 0 Å². The molecule has 3 aromatic rings. The Morgan fingerprint density at radius 2 is 2.20 bits per heavy atom. The average Bonchev–Trinajstić information content (AvgIpc) is 3.37. The van der Waals surface area contributed by atoms with Gasteiger partial charge in [0.05, 0.1) is 32.7 Å². The molecule has 0 fully saturated rings. The number of non-ortho nitro benzene ring substituents is 1. The summed E-state index contributed by atoms with van der Waals surface area (Å²) in [6, 6.07) is 7.85. The third-order valence-electron chi connectivity index (χ3n) is 4.39. The van der Waals surface area contributed by atoms with Crippen molar-refractivity contribution in [1.82, 2.24) is 10.3 Å². The highest BCUT2D eigenvalue weighted by molar-refractivity contribution is 7.16. The summed E-state index contributed by atoms with van der Waals surface area (Å²) in [5.41, 5.74) is 0.950. The third-order valence-corrected chi connectivity index (χ3v) is 6.27. The van der Waals surface area contributed by atoms with E-state index in [2.05, 4.69) is 10.3 Å². The van der Waals surface area contributed by atoms with E-state index in [9.17, 15) is 19.7 Å². The molecule has 1 aromatic carbocycles. The van der Waals surface area contributed by atoms with Crippen LogP contribution >= 0.6 is 22.7 Å². The predicted octanol–water partition coefficient (Wildman–Crippen LogP) is 3.13. The predicted molar refractivity (Wildman–Crippen MR) is 113 cm³/mol. The van der Waals surface area contributed by atoms with Crippen LogP contribution < -0.4 is 15.0 Å². The lowest BCUT2D eigenvalue weighted by atomic mass is 10.2. The molecular formula is C19H16N4O5S2. The molecule has 0 atom stereocenters. The number of hydrogen-bond acceptors (Lipinski definition) is 8. The van der Waals surface area contributed by atoms with Crippen molar-refractivity contribution in [3.8, 4) is 16.3 Å². The Morgan fingerprint density at radius 3 is 2.93 bits per heavy atom. The van der Waals surface area contributed by atoms with Gasteiger partial charge in [0.2, 0.25) is 5.91 Å². The molecule has 3 heterocycles. The first-order valence-electron chi connectivity index (χ1n) is 8.90. The number of nitro groups is 1. The Bertz CT molecular complexity index is 1140. The summed E-state index contributed by atoms with van der Waals surface area (Å²) in [5, 5.41) is 16.8. The van der Waals surface area contributed by atoms with Crippen LogP contribution in [0.25, 0.3) is 10.6 Å². The van der Waals surface area contributed by atoms with E-state index in [0.717, 1.165) is 20.5 Å². The number of nitrogens with zero attached hydrogens (tertiary/aromatic N) is 3. The van der Waals surface area contributed by atoms with Gasteiger partial charge in [-0.25, -0.2) is 4.98 Å². The summed E-state index contributed by atoms with van der Waals surface area (Å²) < 4.78 is 5.31. The highest BCUT2D eigenvalue weighted by atomic mass is 32.1. The maximum atomic E-state index is 12.5. The number of thiophene rings is 1. The lowest BCUT2D eigenvalue weighted by Crippen LogP contribution is -2.45. The maximum absolute atomic E-state index is 12.5. The number of rotatable bonds is 6. The quantitative estimate of drug-likeness (QED) is 0.461. The number of carbonyl (C=O) groups is 2. The van der Waals surface area contributed by atoms with E-state index in [1.54, 1.807) is 11.3 Å². The lowest BCUT2D eigenvalue weighted by Gasteiger charge is -2.28. The third kappa shape index (κ3) is 4.16. The van der Waals surface area contributed by atoms with Gasteiger partial charge in [-0.15, -0.1) is 22.7 Å². The Balaban J connectivity index is 1.42. The van der Waals surface area contributed by atoms with Gasteiger partial charge >= 0.3 is 0 Å². The minimum absolute atomic E-state index is 0.180. The number of fused-ring (bicyclic) bond motifs is 1. The van der Waals surface area contributed by atoms with E-state index in [1.165, 1.54) is 34.4 Å². The molecule has 30 heavy (non-hydrogen) atoms. The van der Waals surface area contributed by atoms with Gasteiger partial charge in [0.1, 0.15) is 12.3 Å². The van der Waals surface area contributed by atoms with Crippen molar-refractivity contribution < 1.29 is 19.2 Å². The number of carbonyl (C=O) groups excluding carboxylic acids is 2. The topological polar surface area (TPSA) is 115 Å². The lowest BCUT2D eigenvalue weighted by molar-refractivity contribution is -0.384. The first-order chi connectivity index (χ1) is 14.4. The Hall–Kier alpha value is -3.31. The number of thiazole rings is 1. The van der Waals surface area contributed by atoms with Crippen molar-refractivity contribution in [3.63, 3.8) is 0 Å². The number of nitro benzene ring substituents is 1. The van der Waals surface area contributed by atoms with Gasteiger partial charge in [-0.1, -0.05) is 0 Å². The van der Waals surface area contributed by atoms with Crippen LogP contribution in [0, 0.1) is 17.0 Å². The van der Waals surface area contributed by atoms with Crippen molar-refractivity contribution in [3.05, 3.63) is 55.7 Å². The zero-order valence-electron chi connectivity index (χ0n) is 15.8. The van der Waals surface area contributed by atoms with Gasteiger partial charge in [0, 0.05) is 22.4 Å². The Morgan fingerprint density at radius 1 is 1.37 bits per heavy atom. The smallest absolute Gasteiger partial charge is 0.271 e. The zero-order chi connectivity index (χ0) is 21.3. The molecule has 1 aliphatic heterocycles. The van der Waals surface area contributed by atoms with Crippen LogP contribution in [0.5, 0.6) is 5.75 Å². The van der Waals surface area contributed by atoms with Crippen LogP contribution in [-0.4, -0.2) is 34.9 Å². The number of aryl methyl sites for hydroxylation is 1. The second-order valence-electron chi connectivity index (χ2n) is 6.47. The standard InChI is InChI=1S/C19H16N4O5S2/c1-11-21-14(10-29-11)17-5-3-13(30-17)7-20-18(24)8-22-15-6-12(23(26)27)2-4-16(15)28-9-19(22)25/h2-6,10H,7-9H2,1H3,(H,20,24). The maximum Gasteiger partial charge on any atom is 0.271 e. The molecule has 9 nitrogen and oxygen atoms in total. The molecule has 0 aliphatic carbocycles. The van der Waals surface area contributed by atoms with Crippen LogP contribution in [0.2, 0.25) is 0 Å². The second-order valence-corrected chi connectivity index (χ2v) is 8.70.